The van der Waals surface area contributed by atoms with Crippen molar-refractivity contribution in [3.05, 3.63) is 0 Å². The maximum atomic E-state index is 12.8. The van der Waals surface area contributed by atoms with Gasteiger partial charge < -0.3 is 18.9 Å². The summed E-state index contributed by atoms with van der Waals surface area (Å²) in [6.45, 7) is 1.73. The number of rotatable bonds is 4. The molecular weight excluding hydrogens is 292 g/mol. The van der Waals surface area contributed by atoms with Crippen molar-refractivity contribution in [2.24, 2.45) is 28.6 Å². The van der Waals surface area contributed by atoms with Gasteiger partial charge in [0.2, 0.25) is 5.79 Å². The van der Waals surface area contributed by atoms with Crippen molar-refractivity contribution in [1.82, 2.24) is 0 Å². The van der Waals surface area contributed by atoms with Gasteiger partial charge in [-0.3, -0.25) is 14.4 Å². The van der Waals surface area contributed by atoms with Crippen LogP contribution in [-0.2, 0) is 33.3 Å². The van der Waals surface area contributed by atoms with E-state index >= 15 is 0 Å². The quantitative estimate of drug-likeness (QED) is 0.540. The summed E-state index contributed by atoms with van der Waals surface area (Å²) < 4.78 is 20.6. The number of Topliss-reactive ketones (excluding diaryl/α,β-unsaturated/α-hetero) is 1. The minimum atomic E-state index is -1.50. The Morgan fingerprint density at radius 3 is 2.05 bits per heavy atom. The van der Waals surface area contributed by atoms with E-state index < -0.39 is 46.3 Å². The average Bonchev–Trinajstić information content (AvgIpc) is 3.12. The molecule has 0 aliphatic heterocycles. The smallest absolute Gasteiger partial charge is 0.313 e. The van der Waals surface area contributed by atoms with Crippen molar-refractivity contribution in [2.75, 3.05) is 28.4 Å². The molecule has 0 N–H and O–H groups in total. The molecule has 3 fully saturated rings. The zero-order valence-electron chi connectivity index (χ0n) is 13.3. The summed E-state index contributed by atoms with van der Waals surface area (Å²) in [5, 5.41) is 0. The Balaban J connectivity index is 2.15. The van der Waals surface area contributed by atoms with Gasteiger partial charge in [-0.05, 0) is 13.3 Å². The van der Waals surface area contributed by atoms with Crippen LogP contribution in [0.3, 0.4) is 0 Å². The second-order valence-electron chi connectivity index (χ2n) is 6.49. The maximum Gasteiger partial charge on any atom is 0.313 e. The van der Waals surface area contributed by atoms with E-state index in [0.29, 0.717) is 0 Å². The number of fused-ring (bicyclic) bond motifs is 1. The first-order valence-corrected chi connectivity index (χ1v) is 7.14. The highest BCUT2D eigenvalue weighted by molar-refractivity contribution is 6.06. The first kappa shape index (κ1) is 15.4. The topological polar surface area (TPSA) is 88.1 Å². The molecular formula is C15H20O7. The van der Waals surface area contributed by atoms with E-state index in [1.54, 1.807) is 6.92 Å². The zero-order chi connectivity index (χ0) is 16.5. The largest absolute Gasteiger partial charge is 0.469 e. The number of ether oxygens (including phenoxy) is 4. The fourth-order valence-corrected chi connectivity index (χ4v) is 5.25. The monoisotopic (exact) mass is 312 g/mol. The molecule has 0 heterocycles. The molecule has 0 aromatic heterocycles. The standard InChI is InChI=1S/C15H20O7/c1-13(11(17)19-2)6-7-14(12(18)20-3)8(9(13)14)10(16)15(7,21-4)22-5/h7-9H,6H2,1-5H3/t7-,8-,9+,13-,14-/m1/s1. The van der Waals surface area contributed by atoms with Gasteiger partial charge in [-0.2, -0.15) is 0 Å². The number of ketones is 1. The van der Waals surface area contributed by atoms with Crippen LogP contribution in [0.2, 0.25) is 0 Å². The third kappa shape index (κ3) is 1.25. The first-order valence-electron chi connectivity index (χ1n) is 7.14. The van der Waals surface area contributed by atoms with Crippen molar-refractivity contribution < 1.29 is 33.3 Å². The van der Waals surface area contributed by atoms with Gasteiger partial charge in [0.25, 0.3) is 0 Å². The lowest BCUT2D eigenvalue weighted by Crippen LogP contribution is -2.48. The predicted molar refractivity (Wildman–Crippen MR) is 71.4 cm³/mol. The summed E-state index contributed by atoms with van der Waals surface area (Å²) in [5.74, 6) is -4.30. The number of methoxy groups -OCH3 is 4. The molecule has 3 rings (SSSR count). The number of carbonyl (C=O) groups excluding carboxylic acids is 3. The van der Waals surface area contributed by atoms with E-state index in [9.17, 15) is 14.4 Å². The van der Waals surface area contributed by atoms with Crippen LogP contribution in [0.4, 0.5) is 0 Å². The Hall–Kier alpha value is -1.47. The Bertz CT molecular complexity index is 566. The van der Waals surface area contributed by atoms with Crippen molar-refractivity contribution >= 4 is 17.7 Å². The van der Waals surface area contributed by atoms with Crippen molar-refractivity contribution in [2.45, 2.75) is 19.1 Å². The number of hydrogen-bond donors (Lipinski definition) is 0. The Morgan fingerprint density at radius 2 is 1.59 bits per heavy atom. The summed E-state index contributed by atoms with van der Waals surface area (Å²) in [4.78, 5) is 37.5. The first-order chi connectivity index (χ1) is 10.3. The summed E-state index contributed by atoms with van der Waals surface area (Å²) >= 11 is 0. The van der Waals surface area contributed by atoms with Gasteiger partial charge in [-0.15, -0.1) is 0 Å². The van der Waals surface area contributed by atoms with Crippen LogP contribution >= 0.6 is 0 Å². The van der Waals surface area contributed by atoms with Gasteiger partial charge in [0.1, 0.15) is 0 Å². The van der Waals surface area contributed by atoms with Crippen LogP contribution in [0.15, 0.2) is 0 Å². The molecule has 5 atom stereocenters. The fourth-order valence-electron chi connectivity index (χ4n) is 5.25. The lowest BCUT2D eigenvalue weighted by molar-refractivity contribution is -0.228. The van der Waals surface area contributed by atoms with Crippen LogP contribution in [-0.4, -0.2) is 51.9 Å². The Labute approximate surface area is 128 Å². The van der Waals surface area contributed by atoms with Crippen molar-refractivity contribution in [3.63, 3.8) is 0 Å². The van der Waals surface area contributed by atoms with Gasteiger partial charge in [-0.1, -0.05) is 0 Å². The second kappa shape index (κ2) is 4.29. The van der Waals surface area contributed by atoms with Crippen LogP contribution in [0, 0.1) is 28.6 Å². The van der Waals surface area contributed by atoms with Gasteiger partial charge in [0, 0.05) is 32.0 Å². The van der Waals surface area contributed by atoms with Crippen molar-refractivity contribution in [1.29, 1.82) is 0 Å². The molecule has 0 bridgehead atoms. The van der Waals surface area contributed by atoms with Crippen LogP contribution in [0.25, 0.3) is 0 Å². The predicted octanol–water partition coefficient (Wildman–Crippen LogP) is 0.163. The van der Waals surface area contributed by atoms with E-state index in [1.807, 2.05) is 0 Å². The van der Waals surface area contributed by atoms with E-state index in [-0.39, 0.29) is 12.2 Å². The van der Waals surface area contributed by atoms with E-state index in [0.717, 1.165) is 0 Å². The molecule has 0 amide bonds. The molecule has 22 heavy (non-hydrogen) atoms. The highest BCUT2D eigenvalue weighted by Crippen LogP contribution is 2.84. The minimum Gasteiger partial charge on any atom is -0.469 e. The molecule has 7 nitrogen and oxygen atoms in total. The highest BCUT2D eigenvalue weighted by Gasteiger charge is 2.95. The molecule has 0 aromatic rings. The number of esters is 2. The fraction of sp³-hybridized carbons (Fsp3) is 0.800. The van der Waals surface area contributed by atoms with Crippen molar-refractivity contribution in [3.8, 4) is 0 Å². The van der Waals surface area contributed by atoms with Crippen LogP contribution < -0.4 is 0 Å². The van der Waals surface area contributed by atoms with Gasteiger partial charge in [0.15, 0.2) is 5.78 Å². The molecule has 0 spiro atoms. The molecule has 7 heteroatoms. The maximum absolute atomic E-state index is 12.8. The molecule has 3 aliphatic carbocycles. The Morgan fingerprint density at radius 1 is 1.05 bits per heavy atom. The SMILES string of the molecule is COC(=O)[C@@]12[C@H]3[C@@H]1C(=O)C(OC)(OC)[C@@H]2C[C@@]3(C)C(=O)OC. The summed E-state index contributed by atoms with van der Waals surface area (Å²) in [5.41, 5.74) is -1.96. The highest BCUT2D eigenvalue weighted by atomic mass is 16.7. The second-order valence-corrected chi connectivity index (χ2v) is 6.49. The lowest BCUT2D eigenvalue weighted by Gasteiger charge is -2.33. The van der Waals surface area contributed by atoms with Gasteiger partial charge in [-0.25, -0.2) is 0 Å². The summed E-state index contributed by atoms with van der Waals surface area (Å²) in [6.07, 6.45) is 0.281. The molecule has 122 valence electrons. The minimum absolute atomic E-state index is 0.281. The van der Waals surface area contributed by atoms with E-state index in [1.165, 1.54) is 28.4 Å². The molecule has 0 radical (unpaired) electrons. The molecule has 3 saturated carbocycles. The van der Waals surface area contributed by atoms with E-state index in [2.05, 4.69) is 0 Å². The van der Waals surface area contributed by atoms with Crippen LogP contribution in [0.1, 0.15) is 13.3 Å². The zero-order valence-corrected chi connectivity index (χ0v) is 13.3. The lowest BCUT2D eigenvalue weighted by atomic mass is 9.82. The normalized spacial score (nSPS) is 43.7. The molecule has 3 aliphatic rings. The molecule has 0 saturated heterocycles. The third-order valence-corrected chi connectivity index (χ3v) is 6.03. The number of carbonyl (C=O) groups is 3. The Kier molecular flexibility index (Phi) is 3.01. The third-order valence-electron chi connectivity index (χ3n) is 6.03. The summed E-state index contributed by atoms with van der Waals surface area (Å²) in [6, 6.07) is 0. The van der Waals surface area contributed by atoms with E-state index in [4.69, 9.17) is 18.9 Å². The van der Waals surface area contributed by atoms with Crippen LogP contribution in [0.5, 0.6) is 0 Å². The van der Waals surface area contributed by atoms with Gasteiger partial charge >= 0.3 is 11.9 Å². The summed E-state index contributed by atoms with van der Waals surface area (Å²) in [7, 11) is 5.34. The molecule has 0 unspecified atom stereocenters. The van der Waals surface area contributed by atoms with Gasteiger partial charge in [0.05, 0.1) is 25.0 Å². The average molecular weight is 312 g/mol. The molecule has 0 aromatic carbocycles. The number of hydrogen-bond acceptors (Lipinski definition) is 7.